The normalized spacial score (nSPS) is 15.7. The summed E-state index contributed by atoms with van der Waals surface area (Å²) in [5.41, 5.74) is 4.79. The molecular weight excluding hydrogens is 403 g/mol. The zero-order valence-corrected chi connectivity index (χ0v) is 19.3. The van der Waals surface area contributed by atoms with Crippen molar-refractivity contribution in [3.63, 3.8) is 0 Å². The standard InChI is InChI=1S/C11H11ClFNO.C9H11NO.2C2H6/c1-8-11-3-2-10(14(13)5-4-12)6-9(11)7-15-8;11-9-6-7-4-2-1-3-5-8(7)10-9;2*1-2/h2-3,6H,1,4-5,7H2;3,5H,1-2,4,6H2,(H,10,11);2*1-2H3. The Morgan fingerprint density at radius 2 is 2.00 bits per heavy atom. The average molecular weight is 437 g/mol. The number of carbonyl (C=O) groups excluding carboxylic acids is 1. The number of benzene rings is 1. The van der Waals surface area contributed by atoms with Crippen molar-refractivity contribution in [2.45, 2.75) is 60.0 Å². The Morgan fingerprint density at radius 3 is 2.70 bits per heavy atom. The van der Waals surface area contributed by atoms with E-state index in [1.54, 1.807) is 12.1 Å². The van der Waals surface area contributed by atoms with Crippen LogP contribution in [0.15, 0.2) is 48.2 Å². The van der Waals surface area contributed by atoms with Crippen molar-refractivity contribution in [1.29, 1.82) is 0 Å². The van der Waals surface area contributed by atoms with E-state index in [1.165, 1.54) is 12.0 Å². The van der Waals surface area contributed by atoms with Crippen LogP contribution in [0.4, 0.5) is 10.2 Å². The van der Waals surface area contributed by atoms with Gasteiger partial charge in [0, 0.05) is 22.7 Å². The van der Waals surface area contributed by atoms with Crippen molar-refractivity contribution in [3.05, 3.63) is 59.3 Å². The molecule has 4 nitrogen and oxygen atoms in total. The minimum absolute atomic E-state index is 0.154. The number of rotatable bonds is 3. The summed E-state index contributed by atoms with van der Waals surface area (Å²) in [5.74, 6) is 1.07. The maximum absolute atomic E-state index is 13.4. The van der Waals surface area contributed by atoms with Crippen LogP contribution < -0.4 is 10.4 Å². The molecule has 1 aromatic rings. The van der Waals surface area contributed by atoms with Crippen molar-refractivity contribution in [1.82, 2.24) is 5.32 Å². The lowest BCUT2D eigenvalue weighted by molar-refractivity contribution is -0.118. The molecule has 0 spiro atoms. The highest BCUT2D eigenvalue weighted by Crippen LogP contribution is 2.31. The number of anilines is 1. The first-order valence-electron chi connectivity index (χ1n) is 10.7. The number of allylic oxidation sites excluding steroid dienone is 2. The predicted octanol–water partition coefficient (Wildman–Crippen LogP) is 6.67. The van der Waals surface area contributed by atoms with E-state index >= 15 is 0 Å². The molecular formula is C24H34ClFN2O2. The van der Waals surface area contributed by atoms with Crippen LogP contribution in [0.2, 0.25) is 0 Å². The molecule has 30 heavy (non-hydrogen) atoms. The molecule has 0 saturated carbocycles. The molecule has 1 aliphatic carbocycles. The minimum Gasteiger partial charge on any atom is -0.489 e. The third-order valence-electron chi connectivity index (χ3n) is 4.51. The minimum atomic E-state index is 0.154. The molecule has 4 rings (SSSR count). The molecule has 2 aliphatic heterocycles. The highest BCUT2D eigenvalue weighted by Gasteiger charge is 2.19. The van der Waals surface area contributed by atoms with Crippen molar-refractivity contribution in [3.8, 4) is 0 Å². The van der Waals surface area contributed by atoms with Crippen LogP contribution in [0.25, 0.3) is 5.76 Å². The van der Waals surface area contributed by atoms with Gasteiger partial charge in [-0.25, -0.2) is 5.12 Å². The van der Waals surface area contributed by atoms with Gasteiger partial charge >= 0.3 is 0 Å². The third kappa shape index (κ3) is 7.21. The fourth-order valence-corrected chi connectivity index (χ4v) is 3.31. The summed E-state index contributed by atoms with van der Waals surface area (Å²) in [7, 11) is 0. The largest absolute Gasteiger partial charge is 0.489 e. The van der Waals surface area contributed by atoms with Crippen LogP contribution in [0.5, 0.6) is 0 Å². The second-order valence-corrected chi connectivity index (χ2v) is 6.74. The average Bonchev–Trinajstić information content (AvgIpc) is 3.25. The van der Waals surface area contributed by atoms with Gasteiger partial charge in [-0.05, 0) is 49.1 Å². The van der Waals surface area contributed by atoms with E-state index in [2.05, 4.69) is 18.0 Å². The van der Waals surface area contributed by atoms with E-state index in [4.69, 9.17) is 16.3 Å². The van der Waals surface area contributed by atoms with E-state index in [9.17, 15) is 9.28 Å². The van der Waals surface area contributed by atoms with Crippen LogP contribution in [0.3, 0.4) is 0 Å². The second kappa shape index (κ2) is 13.9. The molecule has 0 aromatic heterocycles. The van der Waals surface area contributed by atoms with Crippen LogP contribution in [-0.4, -0.2) is 18.3 Å². The van der Waals surface area contributed by atoms with E-state index in [0.29, 0.717) is 29.6 Å². The maximum atomic E-state index is 13.4. The van der Waals surface area contributed by atoms with Crippen molar-refractivity contribution >= 4 is 29.0 Å². The number of hydrogen-bond acceptors (Lipinski definition) is 3. The highest BCUT2D eigenvalue weighted by atomic mass is 35.5. The Hall–Kier alpha value is -2.27. The van der Waals surface area contributed by atoms with Crippen molar-refractivity contribution in [2.24, 2.45) is 0 Å². The number of alkyl halides is 1. The molecule has 3 aliphatic rings. The van der Waals surface area contributed by atoms with Crippen molar-refractivity contribution in [2.75, 3.05) is 17.5 Å². The topological polar surface area (TPSA) is 41.6 Å². The first-order chi connectivity index (χ1) is 14.6. The van der Waals surface area contributed by atoms with E-state index in [0.717, 1.165) is 29.7 Å². The molecule has 0 bridgehead atoms. The quantitative estimate of drug-likeness (QED) is 0.425. The van der Waals surface area contributed by atoms with Crippen molar-refractivity contribution < 1.29 is 14.0 Å². The Labute approximate surface area is 185 Å². The van der Waals surface area contributed by atoms with E-state index in [1.807, 2.05) is 39.8 Å². The van der Waals surface area contributed by atoms with Crippen LogP contribution in [0, 0.1) is 0 Å². The van der Waals surface area contributed by atoms with Gasteiger partial charge in [-0.1, -0.05) is 44.8 Å². The van der Waals surface area contributed by atoms with Gasteiger partial charge in [-0.15, -0.1) is 11.6 Å². The number of carbonyl (C=O) groups is 1. The number of nitrogens with one attached hydrogen (secondary N) is 1. The summed E-state index contributed by atoms with van der Waals surface area (Å²) < 4.78 is 18.6. The molecule has 0 atom stereocenters. The molecule has 6 heteroatoms. The number of nitrogens with zero attached hydrogens (tertiary/aromatic N) is 1. The summed E-state index contributed by atoms with van der Waals surface area (Å²) in [6.07, 6.45) is 8.20. The maximum Gasteiger partial charge on any atom is 0.228 e. The van der Waals surface area contributed by atoms with Gasteiger partial charge in [-0.3, -0.25) is 4.79 Å². The number of hydrogen-bond donors (Lipinski definition) is 1. The van der Waals surface area contributed by atoms with Gasteiger partial charge in [0.1, 0.15) is 12.4 Å². The molecule has 166 valence electrons. The van der Waals surface area contributed by atoms with Gasteiger partial charge in [0.25, 0.3) is 0 Å². The summed E-state index contributed by atoms with van der Waals surface area (Å²) in [6, 6.07) is 5.28. The molecule has 0 unspecified atom stereocenters. The molecule has 2 heterocycles. The zero-order chi connectivity index (χ0) is 22.5. The lowest BCUT2D eigenvalue weighted by atomic mass is 10.1. The van der Waals surface area contributed by atoms with E-state index in [-0.39, 0.29) is 18.3 Å². The first kappa shape index (κ1) is 25.8. The Bertz CT molecular complexity index is 774. The van der Waals surface area contributed by atoms with Crippen LogP contribution >= 0.6 is 11.6 Å². The molecule has 1 aromatic carbocycles. The lowest BCUT2D eigenvalue weighted by Crippen LogP contribution is -2.14. The van der Waals surface area contributed by atoms with Gasteiger partial charge in [0.15, 0.2) is 0 Å². The second-order valence-electron chi connectivity index (χ2n) is 6.36. The highest BCUT2D eigenvalue weighted by molar-refractivity contribution is 6.18. The Morgan fingerprint density at radius 1 is 1.27 bits per heavy atom. The molecule has 0 radical (unpaired) electrons. The fourth-order valence-electron chi connectivity index (χ4n) is 3.16. The first-order valence-corrected chi connectivity index (χ1v) is 11.2. The number of fused-ring (bicyclic) bond motifs is 1. The molecule has 0 saturated heterocycles. The predicted molar refractivity (Wildman–Crippen MR) is 125 cm³/mol. The van der Waals surface area contributed by atoms with E-state index < -0.39 is 0 Å². The van der Waals surface area contributed by atoms with Gasteiger partial charge in [0.05, 0.1) is 18.7 Å². The third-order valence-corrected chi connectivity index (χ3v) is 4.68. The monoisotopic (exact) mass is 436 g/mol. The van der Waals surface area contributed by atoms with Gasteiger partial charge in [0.2, 0.25) is 5.91 Å². The SMILES string of the molecule is C=C1OCc2cc(N(F)CCCl)ccc21.CC.CC.O=C1CC2=C(C=CCCC2)N1. The smallest absolute Gasteiger partial charge is 0.228 e. The molecule has 0 fully saturated rings. The molecule has 1 amide bonds. The fraction of sp³-hybridized carbons (Fsp3) is 0.458. The summed E-state index contributed by atoms with van der Waals surface area (Å²) in [4.78, 5) is 10.9. The zero-order valence-electron chi connectivity index (χ0n) is 18.6. The summed E-state index contributed by atoms with van der Waals surface area (Å²) in [5, 5.41) is 3.48. The molecule has 1 N–H and O–H groups in total. The van der Waals surface area contributed by atoms with Gasteiger partial charge < -0.3 is 10.1 Å². The Balaban J connectivity index is 0.000000265. The number of ether oxygens (including phenoxy) is 1. The summed E-state index contributed by atoms with van der Waals surface area (Å²) >= 11 is 5.47. The van der Waals surface area contributed by atoms with Crippen LogP contribution in [0.1, 0.15) is 64.5 Å². The number of amides is 1. The number of halogens is 2. The van der Waals surface area contributed by atoms with Crippen LogP contribution in [-0.2, 0) is 16.1 Å². The Kier molecular flexibility index (Phi) is 11.9. The summed E-state index contributed by atoms with van der Waals surface area (Å²) in [6.45, 7) is 12.4. The lowest BCUT2D eigenvalue weighted by Gasteiger charge is -2.12. The van der Waals surface area contributed by atoms with Gasteiger partial charge in [-0.2, -0.15) is 0 Å².